The molecule has 0 radical (unpaired) electrons. The molecule has 0 N–H and O–H groups in total. The van der Waals surface area contributed by atoms with E-state index in [1.807, 2.05) is 0 Å². The zero-order chi connectivity index (χ0) is 37.8. The van der Waals surface area contributed by atoms with Gasteiger partial charge in [0.2, 0.25) is 0 Å². The topological polar surface area (TPSA) is 61.8 Å². The van der Waals surface area contributed by atoms with E-state index in [1.165, 1.54) is 83.5 Å². The molecule has 0 aromatic heterocycles. The Labute approximate surface area is 322 Å². The number of hydrogen-bond acceptors (Lipinski definition) is 5. The first-order chi connectivity index (χ1) is 25.6. The maximum absolute atomic E-state index is 12.7. The van der Waals surface area contributed by atoms with Gasteiger partial charge in [-0.25, -0.2) is 0 Å². The van der Waals surface area contributed by atoms with E-state index in [2.05, 4.69) is 81.5 Å². The van der Waals surface area contributed by atoms with Crippen LogP contribution >= 0.6 is 0 Å². The molecule has 5 nitrogen and oxygen atoms in total. The molecule has 52 heavy (non-hydrogen) atoms. The highest BCUT2D eigenvalue weighted by Crippen LogP contribution is 2.12. The Balaban J connectivity index is 4.22. The van der Waals surface area contributed by atoms with Crippen LogP contribution in [0.15, 0.2) is 60.8 Å². The smallest absolute Gasteiger partial charge is 0.306 e. The third-order valence-electron chi connectivity index (χ3n) is 9.04. The van der Waals surface area contributed by atoms with Crippen LogP contribution in [0.1, 0.15) is 201 Å². The number of allylic oxidation sites excluding steroid dienone is 10. The first kappa shape index (κ1) is 49.6. The number of esters is 2. The van der Waals surface area contributed by atoms with Crippen LogP contribution in [0.2, 0.25) is 0 Å². The fraction of sp³-hybridized carbons (Fsp3) is 0.745. The minimum absolute atomic E-state index is 0.0598. The molecule has 0 rings (SSSR count). The van der Waals surface area contributed by atoms with Crippen molar-refractivity contribution >= 4 is 11.9 Å². The number of ether oxygens (including phenoxy) is 3. The van der Waals surface area contributed by atoms with Crippen LogP contribution in [0.4, 0.5) is 0 Å². The molecule has 0 fully saturated rings. The number of unbranched alkanes of at least 4 members (excludes halogenated alkanes) is 18. The van der Waals surface area contributed by atoms with Gasteiger partial charge in [-0.2, -0.15) is 0 Å². The van der Waals surface area contributed by atoms with Gasteiger partial charge in [0.1, 0.15) is 6.61 Å². The predicted molar refractivity (Wildman–Crippen MR) is 224 cm³/mol. The van der Waals surface area contributed by atoms with Crippen molar-refractivity contribution in [2.45, 2.75) is 207 Å². The molecule has 0 amide bonds. The summed E-state index contributed by atoms with van der Waals surface area (Å²) in [7, 11) is 0. The summed E-state index contributed by atoms with van der Waals surface area (Å²) in [5.41, 5.74) is 0. The summed E-state index contributed by atoms with van der Waals surface area (Å²) in [6.45, 7) is 7.61. The fourth-order valence-corrected chi connectivity index (χ4v) is 5.79. The van der Waals surface area contributed by atoms with Gasteiger partial charge in [0, 0.05) is 19.4 Å². The highest BCUT2D eigenvalue weighted by molar-refractivity contribution is 5.70. The lowest BCUT2D eigenvalue weighted by molar-refractivity contribution is -0.163. The maximum atomic E-state index is 12.7. The second kappa shape index (κ2) is 43.0. The van der Waals surface area contributed by atoms with Gasteiger partial charge in [0.05, 0.1) is 6.61 Å². The van der Waals surface area contributed by atoms with E-state index in [-0.39, 0.29) is 25.2 Å². The second-order valence-electron chi connectivity index (χ2n) is 14.2. The summed E-state index contributed by atoms with van der Waals surface area (Å²) in [5, 5.41) is 0. The van der Waals surface area contributed by atoms with Gasteiger partial charge < -0.3 is 14.2 Å². The van der Waals surface area contributed by atoms with E-state index in [4.69, 9.17) is 14.2 Å². The molecule has 0 aliphatic carbocycles. The molecule has 0 saturated carbocycles. The monoisotopic (exact) mass is 727 g/mol. The third kappa shape index (κ3) is 40.4. The minimum Gasteiger partial charge on any atom is -0.462 e. The molecule has 0 spiro atoms. The Hall–Kier alpha value is -2.40. The number of carbonyl (C=O) groups excluding carboxylic acids is 2. The van der Waals surface area contributed by atoms with Gasteiger partial charge >= 0.3 is 11.9 Å². The standard InChI is InChI=1S/C47H82O5/c1-4-7-10-13-16-18-20-22-24-26-28-30-32-34-37-40-46(48)51-44-45(43-50-42-39-36-15-12-9-6-3)52-47(49)41-38-35-33-31-29-27-25-23-21-19-17-14-11-8-5-2/h7,10,16,18,22-25,28,30,45H,4-6,8-9,11-15,17,19-21,26-27,29,31-44H2,1-3H3/b10-7-,18-16-,24-22-,25-23-,30-28-. The minimum atomic E-state index is -0.552. The van der Waals surface area contributed by atoms with E-state index in [0.717, 1.165) is 83.5 Å². The molecule has 300 valence electrons. The van der Waals surface area contributed by atoms with Crippen LogP contribution < -0.4 is 0 Å². The van der Waals surface area contributed by atoms with Crippen molar-refractivity contribution in [3.63, 3.8) is 0 Å². The lowest BCUT2D eigenvalue weighted by atomic mass is 10.1. The number of rotatable bonds is 39. The van der Waals surface area contributed by atoms with Crippen molar-refractivity contribution in [3.05, 3.63) is 60.8 Å². The Bertz CT molecular complexity index is 915. The van der Waals surface area contributed by atoms with Crippen molar-refractivity contribution in [1.82, 2.24) is 0 Å². The molecular formula is C47H82O5. The van der Waals surface area contributed by atoms with Crippen LogP contribution in [0.3, 0.4) is 0 Å². The molecular weight excluding hydrogens is 645 g/mol. The molecule has 0 saturated heterocycles. The SMILES string of the molecule is CC/C=C\C/C=C\C/C=C\C/C=C\CCCCC(=O)OCC(COCCCCCCCC)OC(=O)CCCCCCC/C=C\CCCCCCCC. The van der Waals surface area contributed by atoms with Crippen LogP contribution in [-0.4, -0.2) is 37.9 Å². The van der Waals surface area contributed by atoms with Gasteiger partial charge in [0.15, 0.2) is 6.10 Å². The first-order valence-corrected chi connectivity index (χ1v) is 21.8. The largest absolute Gasteiger partial charge is 0.462 e. The first-order valence-electron chi connectivity index (χ1n) is 21.8. The summed E-state index contributed by atoms with van der Waals surface area (Å²) in [6, 6.07) is 0. The molecule has 1 atom stereocenters. The highest BCUT2D eigenvalue weighted by Gasteiger charge is 2.17. The molecule has 0 aromatic rings. The molecule has 0 heterocycles. The quantitative estimate of drug-likeness (QED) is 0.0358. The van der Waals surface area contributed by atoms with Gasteiger partial charge in [-0.05, 0) is 83.5 Å². The maximum Gasteiger partial charge on any atom is 0.306 e. The van der Waals surface area contributed by atoms with Gasteiger partial charge in [-0.1, -0.05) is 165 Å². The van der Waals surface area contributed by atoms with E-state index >= 15 is 0 Å². The molecule has 1 unspecified atom stereocenters. The van der Waals surface area contributed by atoms with Gasteiger partial charge in [-0.15, -0.1) is 0 Å². The fourth-order valence-electron chi connectivity index (χ4n) is 5.79. The van der Waals surface area contributed by atoms with Crippen molar-refractivity contribution < 1.29 is 23.8 Å². The summed E-state index contributed by atoms with van der Waals surface area (Å²) in [5.74, 6) is -0.459. The molecule has 5 heteroatoms. The number of hydrogen-bond donors (Lipinski definition) is 0. The molecule has 0 aliphatic heterocycles. The Kier molecular flexibility index (Phi) is 41.0. The average Bonchev–Trinajstić information content (AvgIpc) is 3.14. The summed E-state index contributed by atoms with van der Waals surface area (Å²) in [6.07, 6.45) is 52.3. The zero-order valence-corrected chi connectivity index (χ0v) is 34.3. The van der Waals surface area contributed by atoms with Gasteiger partial charge in [0.25, 0.3) is 0 Å². The third-order valence-corrected chi connectivity index (χ3v) is 9.04. The lowest BCUT2D eigenvalue weighted by Gasteiger charge is -2.18. The summed E-state index contributed by atoms with van der Waals surface area (Å²) < 4.78 is 17.1. The average molecular weight is 727 g/mol. The van der Waals surface area contributed by atoms with Crippen LogP contribution in [0, 0.1) is 0 Å². The Morgan fingerprint density at radius 2 is 0.865 bits per heavy atom. The highest BCUT2D eigenvalue weighted by atomic mass is 16.6. The molecule has 0 aromatic carbocycles. The van der Waals surface area contributed by atoms with Crippen molar-refractivity contribution in [2.24, 2.45) is 0 Å². The van der Waals surface area contributed by atoms with Crippen molar-refractivity contribution in [3.8, 4) is 0 Å². The number of carbonyl (C=O) groups is 2. The van der Waals surface area contributed by atoms with Gasteiger partial charge in [-0.3, -0.25) is 9.59 Å². The normalized spacial score (nSPS) is 12.8. The van der Waals surface area contributed by atoms with Crippen LogP contribution in [0.25, 0.3) is 0 Å². The van der Waals surface area contributed by atoms with Crippen LogP contribution in [0.5, 0.6) is 0 Å². The molecule has 0 bridgehead atoms. The van der Waals surface area contributed by atoms with E-state index in [9.17, 15) is 9.59 Å². The van der Waals surface area contributed by atoms with Crippen molar-refractivity contribution in [1.29, 1.82) is 0 Å². The van der Waals surface area contributed by atoms with Crippen LogP contribution in [-0.2, 0) is 23.8 Å². The second-order valence-corrected chi connectivity index (χ2v) is 14.2. The summed E-state index contributed by atoms with van der Waals surface area (Å²) >= 11 is 0. The Morgan fingerprint density at radius 1 is 0.442 bits per heavy atom. The van der Waals surface area contributed by atoms with Crippen molar-refractivity contribution in [2.75, 3.05) is 19.8 Å². The lowest BCUT2D eigenvalue weighted by Crippen LogP contribution is -2.30. The predicted octanol–water partition coefficient (Wildman–Crippen LogP) is 14.2. The zero-order valence-electron chi connectivity index (χ0n) is 34.3. The van der Waals surface area contributed by atoms with E-state index in [1.54, 1.807) is 0 Å². The van der Waals surface area contributed by atoms with E-state index in [0.29, 0.717) is 19.4 Å². The molecule has 0 aliphatic rings. The summed E-state index contributed by atoms with van der Waals surface area (Å²) in [4.78, 5) is 25.1. The Morgan fingerprint density at radius 3 is 1.44 bits per heavy atom. The van der Waals surface area contributed by atoms with E-state index < -0.39 is 6.10 Å².